The predicted molar refractivity (Wildman–Crippen MR) is 83.7 cm³/mol. The smallest absolute Gasteiger partial charge is 0.0707 e. The average Bonchev–Trinajstić information content (AvgIpc) is 3.20. The Hall–Kier alpha value is -0.200. The van der Waals surface area contributed by atoms with Crippen LogP contribution in [0.4, 0.5) is 0 Å². The van der Waals surface area contributed by atoms with Gasteiger partial charge in [0.05, 0.1) is 25.4 Å². The molecule has 5 nitrogen and oxygen atoms in total. The molecular weight excluding hydrogens is 268 g/mol. The molecule has 1 aliphatic heterocycles. The van der Waals surface area contributed by atoms with E-state index in [4.69, 9.17) is 14.2 Å². The lowest BCUT2D eigenvalue weighted by atomic mass is 10.1. The molecule has 0 aromatic rings. The number of nitrogens with one attached hydrogen (secondary N) is 1. The molecule has 2 fully saturated rings. The van der Waals surface area contributed by atoms with Gasteiger partial charge in [0.25, 0.3) is 0 Å². The lowest BCUT2D eigenvalue weighted by molar-refractivity contribution is -0.000536. The SMILES string of the molecule is COCCN(CC1CCC(CNC2CC2)O1)C(C)COC. The zero-order valence-electron chi connectivity index (χ0n) is 13.8. The van der Waals surface area contributed by atoms with Gasteiger partial charge in [-0.1, -0.05) is 0 Å². The zero-order chi connectivity index (χ0) is 15.1. The summed E-state index contributed by atoms with van der Waals surface area (Å²) in [5.74, 6) is 0. The second kappa shape index (κ2) is 9.06. The largest absolute Gasteiger partial charge is 0.383 e. The number of ether oxygens (including phenoxy) is 3. The molecule has 0 spiro atoms. The maximum Gasteiger partial charge on any atom is 0.0707 e. The Balaban J connectivity index is 1.70. The lowest BCUT2D eigenvalue weighted by Gasteiger charge is -2.30. The van der Waals surface area contributed by atoms with E-state index in [1.165, 1.54) is 25.7 Å². The van der Waals surface area contributed by atoms with Crippen molar-refractivity contribution in [1.82, 2.24) is 10.2 Å². The van der Waals surface area contributed by atoms with Crippen molar-refractivity contribution in [2.75, 3.05) is 47.1 Å². The van der Waals surface area contributed by atoms with Gasteiger partial charge in [0, 0.05) is 45.9 Å². The minimum atomic E-state index is 0.354. The Bertz CT molecular complexity index is 287. The van der Waals surface area contributed by atoms with Crippen LogP contribution in [0, 0.1) is 0 Å². The number of methoxy groups -OCH3 is 2. The van der Waals surface area contributed by atoms with E-state index in [0.29, 0.717) is 18.2 Å². The van der Waals surface area contributed by atoms with E-state index < -0.39 is 0 Å². The normalized spacial score (nSPS) is 27.4. The second-order valence-electron chi connectivity index (χ2n) is 6.43. The van der Waals surface area contributed by atoms with E-state index in [9.17, 15) is 0 Å². The molecule has 3 atom stereocenters. The van der Waals surface area contributed by atoms with E-state index in [0.717, 1.165) is 38.9 Å². The van der Waals surface area contributed by atoms with Crippen molar-refractivity contribution < 1.29 is 14.2 Å². The Morgan fingerprint density at radius 3 is 2.57 bits per heavy atom. The van der Waals surface area contributed by atoms with Gasteiger partial charge in [-0.3, -0.25) is 4.90 Å². The number of rotatable bonds is 11. The molecule has 0 amide bonds. The van der Waals surface area contributed by atoms with E-state index in [-0.39, 0.29) is 0 Å². The van der Waals surface area contributed by atoms with Gasteiger partial charge in [-0.25, -0.2) is 0 Å². The van der Waals surface area contributed by atoms with Gasteiger partial charge in [-0.05, 0) is 32.6 Å². The third-order valence-electron chi connectivity index (χ3n) is 4.46. The molecule has 1 aliphatic carbocycles. The minimum absolute atomic E-state index is 0.354. The summed E-state index contributed by atoms with van der Waals surface area (Å²) in [6, 6.07) is 1.17. The van der Waals surface area contributed by atoms with Crippen LogP contribution in [0.1, 0.15) is 32.6 Å². The second-order valence-corrected chi connectivity index (χ2v) is 6.43. The maximum absolute atomic E-state index is 6.19. The summed E-state index contributed by atoms with van der Waals surface area (Å²) in [6.07, 6.45) is 5.79. The standard InChI is InChI=1S/C16H32N2O3/c1-13(12-20-3)18(8-9-19-2)11-16-7-6-15(21-16)10-17-14-4-5-14/h13-17H,4-12H2,1-3H3. The van der Waals surface area contributed by atoms with Crippen molar-refractivity contribution in [3.8, 4) is 0 Å². The van der Waals surface area contributed by atoms with E-state index in [1.54, 1.807) is 14.2 Å². The van der Waals surface area contributed by atoms with E-state index >= 15 is 0 Å². The molecule has 0 bridgehead atoms. The number of hydrogen-bond donors (Lipinski definition) is 1. The molecule has 0 aromatic carbocycles. The van der Waals surface area contributed by atoms with Crippen molar-refractivity contribution in [1.29, 1.82) is 0 Å². The first-order chi connectivity index (χ1) is 10.2. The third-order valence-corrected chi connectivity index (χ3v) is 4.46. The summed E-state index contributed by atoms with van der Waals surface area (Å²) in [4.78, 5) is 2.42. The Labute approximate surface area is 129 Å². The van der Waals surface area contributed by atoms with E-state index in [1.807, 2.05) is 0 Å². The van der Waals surface area contributed by atoms with Crippen molar-refractivity contribution >= 4 is 0 Å². The first-order valence-corrected chi connectivity index (χ1v) is 8.33. The molecule has 2 rings (SSSR count). The van der Waals surface area contributed by atoms with Crippen LogP contribution in [0.3, 0.4) is 0 Å². The molecule has 124 valence electrons. The fourth-order valence-corrected chi connectivity index (χ4v) is 2.96. The van der Waals surface area contributed by atoms with Crippen molar-refractivity contribution in [2.24, 2.45) is 0 Å². The highest BCUT2D eigenvalue weighted by Gasteiger charge is 2.29. The Morgan fingerprint density at radius 2 is 1.90 bits per heavy atom. The molecule has 21 heavy (non-hydrogen) atoms. The maximum atomic E-state index is 6.19. The number of hydrogen-bond acceptors (Lipinski definition) is 5. The molecule has 1 heterocycles. The average molecular weight is 300 g/mol. The monoisotopic (exact) mass is 300 g/mol. The Morgan fingerprint density at radius 1 is 1.14 bits per heavy atom. The Kier molecular flexibility index (Phi) is 7.40. The third kappa shape index (κ3) is 6.20. The van der Waals surface area contributed by atoms with Crippen LogP contribution < -0.4 is 5.32 Å². The molecule has 2 aliphatic rings. The molecule has 1 saturated carbocycles. The minimum Gasteiger partial charge on any atom is -0.383 e. The zero-order valence-corrected chi connectivity index (χ0v) is 13.8. The summed E-state index contributed by atoms with van der Waals surface area (Å²) >= 11 is 0. The van der Waals surface area contributed by atoms with Gasteiger partial charge in [0.2, 0.25) is 0 Å². The van der Waals surface area contributed by atoms with Crippen LogP contribution in [-0.4, -0.2) is 76.3 Å². The summed E-state index contributed by atoms with van der Waals surface area (Å²) in [6.45, 7) is 6.66. The van der Waals surface area contributed by atoms with Crippen molar-refractivity contribution in [3.63, 3.8) is 0 Å². The van der Waals surface area contributed by atoms with Crippen molar-refractivity contribution in [2.45, 2.75) is 56.9 Å². The molecule has 3 unspecified atom stereocenters. The van der Waals surface area contributed by atoms with Crippen LogP contribution in [-0.2, 0) is 14.2 Å². The number of nitrogens with zero attached hydrogens (tertiary/aromatic N) is 1. The van der Waals surface area contributed by atoms with Gasteiger partial charge >= 0.3 is 0 Å². The fraction of sp³-hybridized carbons (Fsp3) is 1.00. The van der Waals surface area contributed by atoms with Gasteiger partial charge in [-0.15, -0.1) is 0 Å². The lowest BCUT2D eigenvalue weighted by Crippen LogP contribution is -2.43. The molecule has 0 aromatic heterocycles. The van der Waals surface area contributed by atoms with Crippen LogP contribution in [0.15, 0.2) is 0 Å². The van der Waals surface area contributed by atoms with Crippen LogP contribution in [0.2, 0.25) is 0 Å². The van der Waals surface area contributed by atoms with Crippen LogP contribution in [0.5, 0.6) is 0 Å². The van der Waals surface area contributed by atoms with Gasteiger partial charge < -0.3 is 19.5 Å². The summed E-state index contributed by atoms with van der Waals surface area (Å²) in [7, 11) is 3.52. The highest BCUT2D eigenvalue weighted by molar-refractivity contribution is 4.85. The quantitative estimate of drug-likeness (QED) is 0.622. The first kappa shape index (κ1) is 17.2. The summed E-state index contributed by atoms with van der Waals surface area (Å²) in [5.41, 5.74) is 0. The fourth-order valence-electron chi connectivity index (χ4n) is 2.96. The van der Waals surface area contributed by atoms with Gasteiger partial charge in [-0.2, -0.15) is 0 Å². The molecule has 1 saturated heterocycles. The predicted octanol–water partition coefficient (Wildman–Crippen LogP) is 1.27. The van der Waals surface area contributed by atoms with Gasteiger partial charge in [0.15, 0.2) is 0 Å². The van der Waals surface area contributed by atoms with E-state index in [2.05, 4.69) is 17.1 Å². The van der Waals surface area contributed by atoms with Crippen LogP contribution in [0.25, 0.3) is 0 Å². The highest BCUT2D eigenvalue weighted by Crippen LogP contribution is 2.23. The van der Waals surface area contributed by atoms with Gasteiger partial charge in [0.1, 0.15) is 0 Å². The molecule has 5 heteroatoms. The summed E-state index contributed by atoms with van der Waals surface area (Å²) in [5, 5.41) is 3.57. The molecule has 1 N–H and O–H groups in total. The topological polar surface area (TPSA) is 43.0 Å². The summed E-state index contributed by atoms with van der Waals surface area (Å²) < 4.78 is 16.7. The molecule has 0 radical (unpaired) electrons. The molecular formula is C16H32N2O3. The first-order valence-electron chi connectivity index (χ1n) is 8.33. The van der Waals surface area contributed by atoms with Crippen molar-refractivity contribution in [3.05, 3.63) is 0 Å². The highest BCUT2D eigenvalue weighted by atomic mass is 16.5. The van der Waals surface area contributed by atoms with Crippen LogP contribution >= 0.6 is 0 Å².